The molecule has 2 aromatic rings. The Bertz CT molecular complexity index is 499. The van der Waals surface area contributed by atoms with Crippen LogP contribution >= 0.6 is 0 Å². The zero-order valence-corrected chi connectivity index (χ0v) is 9.95. The fourth-order valence-corrected chi connectivity index (χ4v) is 1.81. The molecule has 2 N–H and O–H groups in total. The third-order valence-electron chi connectivity index (χ3n) is 2.68. The number of nitrogens with one attached hydrogen (secondary N) is 2. The quantitative estimate of drug-likeness (QED) is 0.855. The maximum absolute atomic E-state index is 13.6. The van der Waals surface area contributed by atoms with Crippen molar-refractivity contribution in [1.82, 2.24) is 20.7 Å². The third-order valence-corrected chi connectivity index (χ3v) is 2.68. The lowest BCUT2D eigenvalue weighted by Crippen LogP contribution is -2.23. The number of benzene rings is 1. The van der Waals surface area contributed by atoms with E-state index >= 15 is 0 Å². The third kappa shape index (κ3) is 2.89. The second-order valence-electron chi connectivity index (χ2n) is 3.94. The van der Waals surface area contributed by atoms with Gasteiger partial charge in [-0.3, -0.25) is 0 Å². The maximum atomic E-state index is 13.6. The van der Waals surface area contributed by atoms with Gasteiger partial charge >= 0.3 is 0 Å². The molecule has 0 bridgehead atoms. The number of rotatable bonds is 5. The van der Waals surface area contributed by atoms with Crippen molar-refractivity contribution in [1.29, 1.82) is 0 Å². The summed E-state index contributed by atoms with van der Waals surface area (Å²) < 4.78 is 26.4. The smallest absolute Gasteiger partial charge is 0.129 e. The van der Waals surface area contributed by atoms with Gasteiger partial charge in [0.05, 0.1) is 17.9 Å². The molecule has 1 unspecified atom stereocenters. The SMILES string of the molecule is CCNC(Cc1ccc(F)cc1F)c1cn[nH]n1. The van der Waals surface area contributed by atoms with Gasteiger partial charge in [0, 0.05) is 6.07 Å². The highest BCUT2D eigenvalue weighted by Gasteiger charge is 2.16. The molecule has 1 atom stereocenters. The Balaban J connectivity index is 2.18. The number of halogens is 2. The van der Waals surface area contributed by atoms with Crippen LogP contribution in [0.5, 0.6) is 0 Å². The number of aromatic amines is 1. The maximum Gasteiger partial charge on any atom is 0.129 e. The zero-order chi connectivity index (χ0) is 13.0. The summed E-state index contributed by atoms with van der Waals surface area (Å²) in [7, 11) is 0. The molecule has 6 heteroatoms. The van der Waals surface area contributed by atoms with Crippen molar-refractivity contribution >= 4 is 0 Å². The van der Waals surface area contributed by atoms with Gasteiger partial charge in [-0.25, -0.2) is 8.78 Å². The van der Waals surface area contributed by atoms with Gasteiger partial charge in [0.2, 0.25) is 0 Å². The summed E-state index contributed by atoms with van der Waals surface area (Å²) >= 11 is 0. The number of likely N-dealkylation sites (N-methyl/N-ethyl adjacent to an activating group) is 1. The van der Waals surface area contributed by atoms with E-state index in [0.717, 1.165) is 12.6 Å². The summed E-state index contributed by atoms with van der Waals surface area (Å²) in [5.74, 6) is -1.11. The number of hydrogen-bond acceptors (Lipinski definition) is 3. The van der Waals surface area contributed by atoms with Gasteiger partial charge < -0.3 is 5.32 Å². The summed E-state index contributed by atoms with van der Waals surface area (Å²) in [6.07, 6.45) is 1.99. The van der Waals surface area contributed by atoms with Crippen LogP contribution in [0.1, 0.15) is 24.2 Å². The molecule has 1 heterocycles. The van der Waals surface area contributed by atoms with E-state index in [9.17, 15) is 8.78 Å². The van der Waals surface area contributed by atoms with E-state index < -0.39 is 11.6 Å². The Morgan fingerprint density at radius 2 is 2.22 bits per heavy atom. The van der Waals surface area contributed by atoms with E-state index in [4.69, 9.17) is 0 Å². The molecule has 0 radical (unpaired) electrons. The molecule has 0 spiro atoms. The lowest BCUT2D eigenvalue weighted by molar-refractivity contribution is 0.511. The predicted molar refractivity (Wildman–Crippen MR) is 62.9 cm³/mol. The van der Waals surface area contributed by atoms with Crippen LogP contribution in [0.3, 0.4) is 0 Å². The highest BCUT2D eigenvalue weighted by molar-refractivity contribution is 5.21. The van der Waals surface area contributed by atoms with E-state index in [-0.39, 0.29) is 6.04 Å². The molecule has 1 aromatic carbocycles. The first-order chi connectivity index (χ1) is 8.70. The molecule has 1 aromatic heterocycles. The standard InChI is InChI=1S/C12H14F2N4/c1-2-15-11(12-7-16-18-17-12)5-8-3-4-9(13)6-10(8)14/h3-4,6-7,11,15H,2,5H2,1H3,(H,16,17,18). The molecule has 0 aliphatic carbocycles. The van der Waals surface area contributed by atoms with E-state index in [1.165, 1.54) is 12.1 Å². The first-order valence-electron chi connectivity index (χ1n) is 5.73. The summed E-state index contributed by atoms with van der Waals surface area (Å²) in [5, 5.41) is 13.4. The molecule has 0 fully saturated rings. The van der Waals surface area contributed by atoms with Crippen LogP contribution < -0.4 is 5.32 Å². The van der Waals surface area contributed by atoms with Gasteiger partial charge in [-0.05, 0) is 24.6 Å². The van der Waals surface area contributed by atoms with E-state index in [1.54, 1.807) is 6.20 Å². The van der Waals surface area contributed by atoms with E-state index in [2.05, 4.69) is 20.7 Å². The van der Waals surface area contributed by atoms with Gasteiger partial charge in [0.25, 0.3) is 0 Å². The minimum Gasteiger partial charge on any atom is -0.309 e. The molecule has 0 saturated carbocycles. The van der Waals surface area contributed by atoms with Crippen molar-refractivity contribution in [3.8, 4) is 0 Å². The lowest BCUT2D eigenvalue weighted by atomic mass is 10.0. The van der Waals surface area contributed by atoms with Gasteiger partial charge in [0.1, 0.15) is 11.6 Å². The Morgan fingerprint density at radius 1 is 1.39 bits per heavy atom. The first kappa shape index (κ1) is 12.6. The molecule has 0 saturated heterocycles. The van der Waals surface area contributed by atoms with Gasteiger partial charge in [0.15, 0.2) is 0 Å². The molecule has 4 nitrogen and oxygen atoms in total. The lowest BCUT2D eigenvalue weighted by Gasteiger charge is -2.15. The van der Waals surface area contributed by atoms with Crippen LogP contribution in [-0.4, -0.2) is 22.0 Å². The Labute approximate surface area is 103 Å². The van der Waals surface area contributed by atoms with Crippen molar-refractivity contribution in [3.05, 3.63) is 47.3 Å². The van der Waals surface area contributed by atoms with Gasteiger partial charge in [-0.15, -0.1) is 0 Å². The fraction of sp³-hybridized carbons (Fsp3) is 0.333. The number of hydrogen-bond donors (Lipinski definition) is 2. The molecule has 2 rings (SSSR count). The van der Waals surface area contributed by atoms with Crippen molar-refractivity contribution in [2.45, 2.75) is 19.4 Å². The van der Waals surface area contributed by atoms with Crippen LogP contribution in [0.15, 0.2) is 24.4 Å². The molecular formula is C12H14F2N4. The Hall–Kier alpha value is -1.82. The van der Waals surface area contributed by atoms with Crippen LogP contribution in [0.2, 0.25) is 0 Å². The van der Waals surface area contributed by atoms with Gasteiger partial charge in [-0.2, -0.15) is 15.4 Å². The average Bonchev–Trinajstić information content (AvgIpc) is 2.85. The second kappa shape index (κ2) is 5.68. The topological polar surface area (TPSA) is 53.6 Å². The fourth-order valence-electron chi connectivity index (χ4n) is 1.81. The Kier molecular flexibility index (Phi) is 3.99. The van der Waals surface area contributed by atoms with Crippen molar-refractivity contribution in [2.24, 2.45) is 0 Å². The van der Waals surface area contributed by atoms with Crippen LogP contribution in [0.25, 0.3) is 0 Å². The summed E-state index contributed by atoms with van der Waals surface area (Å²) in [4.78, 5) is 0. The van der Waals surface area contributed by atoms with Crippen molar-refractivity contribution in [3.63, 3.8) is 0 Å². The predicted octanol–water partition coefficient (Wildman–Crippen LogP) is 1.98. The Morgan fingerprint density at radius 3 is 2.83 bits per heavy atom. The highest BCUT2D eigenvalue weighted by atomic mass is 19.1. The number of aromatic nitrogens is 3. The van der Waals surface area contributed by atoms with Crippen LogP contribution in [0.4, 0.5) is 8.78 Å². The first-order valence-corrected chi connectivity index (χ1v) is 5.73. The minimum absolute atomic E-state index is 0.145. The summed E-state index contributed by atoms with van der Waals surface area (Å²) in [6.45, 7) is 2.68. The molecule has 96 valence electrons. The largest absolute Gasteiger partial charge is 0.309 e. The van der Waals surface area contributed by atoms with Gasteiger partial charge in [-0.1, -0.05) is 13.0 Å². The number of H-pyrrole nitrogens is 1. The summed E-state index contributed by atoms with van der Waals surface area (Å²) in [6, 6.07) is 3.45. The monoisotopic (exact) mass is 252 g/mol. The summed E-state index contributed by atoms with van der Waals surface area (Å²) in [5.41, 5.74) is 1.16. The molecule has 0 aliphatic rings. The second-order valence-corrected chi connectivity index (χ2v) is 3.94. The molecule has 18 heavy (non-hydrogen) atoms. The zero-order valence-electron chi connectivity index (χ0n) is 9.95. The van der Waals surface area contributed by atoms with Crippen LogP contribution in [-0.2, 0) is 6.42 Å². The normalized spacial score (nSPS) is 12.6. The molecule has 0 amide bonds. The van der Waals surface area contributed by atoms with Crippen molar-refractivity contribution in [2.75, 3.05) is 6.54 Å². The highest BCUT2D eigenvalue weighted by Crippen LogP contribution is 2.18. The van der Waals surface area contributed by atoms with Crippen molar-refractivity contribution < 1.29 is 8.78 Å². The molecular weight excluding hydrogens is 238 g/mol. The molecule has 0 aliphatic heterocycles. The van der Waals surface area contributed by atoms with Crippen LogP contribution in [0, 0.1) is 11.6 Å². The van der Waals surface area contributed by atoms with E-state index in [1.807, 2.05) is 6.92 Å². The minimum atomic E-state index is -0.572. The number of nitrogens with zero attached hydrogens (tertiary/aromatic N) is 2. The van der Waals surface area contributed by atoms with E-state index in [0.29, 0.717) is 17.7 Å². The average molecular weight is 252 g/mol.